The third-order valence-electron chi connectivity index (χ3n) is 7.35. The number of allylic oxidation sites excluding steroid dienone is 1. The number of likely N-dealkylation sites (tertiary alicyclic amines) is 1. The fourth-order valence-corrected chi connectivity index (χ4v) is 5.59. The summed E-state index contributed by atoms with van der Waals surface area (Å²) in [6.07, 6.45) is 2.40. The van der Waals surface area contributed by atoms with Gasteiger partial charge in [0.05, 0.1) is 35.3 Å². The zero-order valence-corrected chi connectivity index (χ0v) is 24.2. The van der Waals surface area contributed by atoms with Gasteiger partial charge >= 0.3 is 0 Å². The van der Waals surface area contributed by atoms with Crippen molar-refractivity contribution in [3.8, 4) is 11.5 Å². The topological polar surface area (TPSA) is 122 Å². The maximum absolute atomic E-state index is 13.2. The van der Waals surface area contributed by atoms with Gasteiger partial charge in [-0.2, -0.15) is 0 Å². The number of hydrogen-bond acceptors (Lipinski definition) is 8. The van der Waals surface area contributed by atoms with Gasteiger partial charge in [0.1, 0.15) is 23.7 Å². The monoisotopic (exact) mass is 610 g/mol. The maximum Gasteiger partial charge on any atom is 0.256 e. The van der Waals surface area contributed by atoms with Crippen LogP contribution in [0.4, 0.5) is 5.69 Å². The van der Waals surface area contributed by atoms with Gasteiger partial charge in [-0.3, -0.25) is 24.1 Å². The Labute approximate surface area is 240 Å². The highest BCUT2D eigenvalue weighted by Gasteiger charge is 2.43. The average molecular weight is 611 g/mol. The Morgan fingerprint density at radius 3 is 2.58 bits per heavy atom. The van der Waals surface area contributed by atoms with Gasteiger partial charge in [0.25, 0.3) is 5.91 Å². The number of ether oxygens (including phenoxy) is 2. The van der Waals surface area contributed by atoms with E-state index in [0.717, 1.165) is 4.47 Å². The number of benzene rings is 2. The van der Waals surface area contributed by atoms with Crippen molar-refractivity contribution in [3.05, 3.63) is 57.6 Å². The smallest absolute Gasteiger partial charge is 0.256 e. The van der Waals surface area contributed by atoms with Crippen molar-refractivity contribution in [2.24, 2.45) is 0 Å². The van der Waals surface area contributed by atoms with Crippen LogP contribution in [0.1, 0.15) is 66.3 Å². The first kappa shape index (κ1) is 28.2. The summed E-state index contributed by atoms with van der Waals surface area (Å²) >= 11 is 3.37. The number of ketones is 3. The number of nitrogens with zero attached hydrogens (tertiary/aromatic N) is 1. The van der Waals surface area contributed by atoms with Gasteiger partial charge in [-0.05, 0) is 51.1 Å². The molecule has 1 spiro atoms. The molecule has 40 heavy (non-hydrogen) atoms. The molecule has 5 rings (SSSR count). The van der Waals surface area contributed by atoms with Crippen LogP contribution in [0.5, 0.6) is 11.5 Å². The van der Waals surface area contributed by atoms with Crippen LogP contribution in [-0.2, 0) is 14.3 Å². The lowest BCUT2D eigenvalue weighted by Crippen LogP contribution is -2.52. The molecule has 10 heteroatoms. The number of rotatable bonds is 6. The average Bonchev–Trinajstić information content (AvgIpc) is 3.17. The molecule has 0 radical (unpaired) electrons. The molecule has 0 atom stereocenters. The SMILES string of the molecule is CC(C)(C)OCC(=O)CN1CCC2(CC1)CC(=O)c1cc(C(=O)/C=C3\C(=O)Nc4ccc(Br)cc43)c(O)cc1O2. The molecule has 2 aromatic carbocycles. The summed E-state index contributed by atoms with van der Waals surface area (Å²) in [5.74, 6) is -1.30. The molecule has 2 N–H and O–H groups in total. The molecule has 1 amide bonds. The second-order valence-electron chi connectivity index (χ2n) is 11.5. The zero-order valence-electron chi connectivity index (χ0n) is 22.6. The van der Waals surface area contributed by atoms with Crippen LogP contribution in [0.25, 0.3) is 5.57 Å². The van der Waals surface area contributed by atoms with Crippen molar-refractivity contribution in [1.29, 1.82) is 0 Å². The minimum Gasteiger partial charge on any atom is -0.507 e. The van der Waals surface area contributed by atoms with E-state index >= 15 is 0 Å². The molecule has 3 heterocycles. The molecule has 1 saturated heterocycles. The van der Waals surface area contributed by atoms with Crippen molar-refractivity contribution >= 4 is 50.4 Å². The lowest BCUT2D eigenvalue weighted by atomic mass is 9.82. The van der Waals surface area contributed by atoms with Gasteiger partial charge in [-0.1, -0.05) is 15.9 Å². The number of carbonyl (C=O) groups excluding carboxylic acids is 4. The molecule has 2 aromatic rings. The third-order valence-corrected chi connectivity index (χ3v) is 7.84. The Morgan fingerprint density at radius 2 is 1.88 bits per heavy atom. The number of phenols is 1. The molecule has 210 valence electrons. The summed E-state index contributed by atoms with van der Waals surface area (Å²) in [4.78, 5) is 53.3. The maximum atomic E-state index is 13.2. The fraction of sp³-hybridized carbons (Fsp3) is 0.400. The van der Waals surface area contributed by atoms with E-state index in [-0.39, 0.29) is 64.9 Å². The Kier molecular flexibility index (Phi) is 7.45. The molecule has 3 aliphatic heterocycles. The number of halogens is 1. The molecule has 0 saturated carbocycles. The van der Waals surface area contributed by atoms with Crippen LogP contribution >= 0.6 is 15.9 Å². The quantitative estimate of drug-likeness (QED) is 0.360. The van der Waals surface area contributed by atoms with Crippen LogP contribution in [0.3, 0.4) is 0 Å². The summed E-state index contributed by atoms with van der Waals surface area (Å²) in [6.45, 7) is 7.21. The third kappa shape index (κ3) is 5.89. The first-order valence-electron chi connectivity index (χ1n) is 13.2. The van der Waals surface area contributed by atoms with Crippen LogP contribution in [0.15, 0.2) is 40.9 Å². The number of nitrogens with one attached hydrogen (secondary N) is 1. The predicted octanol–water partition coefficient (Wildman–Crippen LogP) is 4.56. The van der Waals surface area contributed by atoms with E-state index in [1.54, 1.807) is 18.2 Å². The minimum atomic E-state index is -0.732. The first-order valence-corrected chi connectivity index (χ1v) is 14.0. The van der Waals surface area contributed by atoms with E-state index in [1.165, 1.54) is 18.2 Å². The van der Waals surface area contributed by atoms with Gasteiger partial charge in [-0.25, -0.2) is 0 Å². The molecule has 0 unspecified atom stereocenters. The summed E-state index contributed by atoms with van der Waals surface area (Å²) in [5, 5.41) is 13.4. The summed E-state index contributed by atoms with van der Waals surface area (Å²) in [7, 11) is 0. The number of phenolic OH excluding ortho intramolecular Hbond substituents is 1. The first-order chi connectivity index (χ1) is 18.8. The largest absolute Gasteiger partial charge is 0.507 e. The highest BCUT2D eigenvalue weighted by Crippen LogP contribution is 2.42. The van der Waals surface area contributed by atoms with E-state index in [4.69, 9.17) is 9.47 Å². The fourth-order valence-electron chi connectivity index (χ4n) is 5.23. The van der Waals surface area contributed by atoms with E-state index in [1.807, 2.05) is 25.7 Å². The number of carbonyl (C=O) groups is 4. The van der Waals surface area contributed by atoms with Gasteiger partial charge in [-0.15, -0.1) is 0 Å². The standard InChI is InChI=1S/C30H31BrN2O7/c1-29(2,3)39-16-18(34)15-33-8-6-30(7-9-33)14-26(37)22-11-21(25(36)13-27(22)40-30)24(35)12-20-19-10-17(31)4-5-23(19)32-28(20)38/h4-5,10-13,36H,6-9,14-16H2,1-3H3,(H,32,38)/b20-12-. The Morgan fingerprint density at radius 1 is 1.15 bits per heavy atom. The number of anilines is 1. The predicted molar refractivity (Wildman–Crippen MR) is 152 cm³/mol. The van der Waals surface area contributed by atoms with Gasteiger partial charge in [0, 0.05) is 47.7 Å². The normalized spacial score (nSPS) is 19.2. The number of fused-ring (bicyclic) bond motifs is 2. The Bertz CT molecular complexity index is 1450. The van der Waals surface area contributed by atoms with Gasteiger partial charge in [0.15, 0.2) is 17.3 Å². The molecular weight excluding hydrogens is 580 g/mol. The summed E-state index contributed by atoms with van der Waals surface area (Å²) < 4.78 is 12.6. The van der Waals surface area contributed by atoms with Crippen molar-refractivity contribution < 1.29 is 33.8 Å². The highest BCUT2D eigenvalue weighted by molar-refractivity contribution is 9.10. The van der Waals surface area contributed by atoms with E-state index in [2.05, 4.69) is 21.2 Å². The second-order valence-corrected chi connectivity index (χ2v) is 12.4. The number of piperidine rings is 1. The number of hydrogen-bond donors (Lipinski definition) is 2. The van der Waals surface area contributed by atoms with E-state index in [0.29, 0.717) is 37.2 Å². The molecule has 3 aliphatic rings. The number of Topliss-reactive ketones (excluding diaryl/α,β-unsaturated/α-hetero) is 2. The lowest BCUT2D eigenvalue weighted by Gasteiger charge is -2.44. The zero-order chi connectivity index (χ0) is 28.8. The Balaban J connectivity index is 1.29. The van der Waals surface area contributed by atoms with Crippen LogP contribution in [-0.4, -0.2) is 70.7 Å². The van der Waals surface area contributed by atoms with Crippen molar-refractivity contribution in [3.63, 3.8) is 0 Å². The van der Waals surface area contributed by atoms with Crippen LogP contribution in [0.2, 0.25) is 0 Å². The van der Waals surface area contributed by atoms with Crippen LogP contribution < -0.4 is 10.1 Å². The molecule has 0 aromatic heterocycles. The highest BCUT2D eigenvalue weighted by atomic mass is 79.9. The van der Waals surface area contributed by atoms with Crippen molar-refractivity contribution in [1.82, 2.24) is 4.90 Å². The lowest BCUT2D eigenvalue weighted by molar-refractivity contribution is -0.130. The summed E-state index contributed by atoms with van der Waals surface area (Å²) in [5.41, 5.74) is 0.361. The number of amides is 1. The molecule has 9 nitrogen and oxygen atoms in total. The second kappa shape index (κ2) is 10.6. The molecule has 1 fully saturated rings. The number of aromatic hydroxyl groups is 1. The van der Waals surface area contributed by atoms with Gasteiger partial charge in [0.2, 0.25) is 0 Å². The van der Waals surface area contributed by atoms with Crippen molar-refractivity contribution in [2.45, 2.75) is 51.2 Å². The van der Waals surface area contributed by atoms with Gasteiger partial charge < -0.3 is 19.9 Å². The van der Waals surface area contributed by atoms with Crippen LogP contribution in [0, 0.1) is 0 Å². The summed E-state index contributed by atoms with van der Waals surface area (Å²) in [6, 6.07) is 7.89. The van der Waals surface area contributed by atoms with Crippen molar-refractivity contribution in [2.75, 3.05) is 31.6 Å². The minimum absolute atomic E-state index is 0.000143. The van der Waals surface area contributed by atoms with E-state index in [9.17, 15) is 24.3 Å². The molecule has 0 aliphatic carbocycles. The molecular formula is C30H31BrN2O7. The Hall–Kier alpha value is -3.34. The molecule has 0 bridgehead atoms. The van der Waals surface area contributed by atoms with E-state index < -0.39 is 17.3 Å².